The summed E-state index contributed by atoms with van der Waals surface area (Å²) in [6, 6.07) is 6.61. The highest BCUT2D eigenvalue weighted by Crippen LogP contribution is 2.17. The van der Waals surface area contributed by atoms with Crippen molar-refractivity contribution >= 4 is 29.3 Å². The fraction of sp³-hybridized carbons (Fsp3) is 0.385. The second-order valence-corrected chi connectivity index (χ2v) is 4.91. The highest BCUT2D eigenvalue weighted by atomic mass is 32.2. The van der Waals surface area contributed by atoms with Crippen LogP contribution in [0.4, 0.5) is 5.69 Å². The number of benzene rings is 1. The molecule has 0 spiro atoms. The lowest BCUT2D eigenvalue weighted by Crippen LogP contribution is -2.15. The van der Waals surface area contributed by atoms with Crippen molar-refractivity contribution in [2.75, 3.05) is 37.1 Å². The van der Waals surface area contributed by atoms with Crippen LogP contribution >= 0.6 is 11.8 Å². The van der Waals surface area contributed by atoms with Crippen LogP contribution in [0.5, 0.6) is 5.75 Å². The Morgan fingerprint density at radius 2 is 2.20 bits per heavy atom. The summed E-state index contributed by atoms with van der Waals surface area (Å²) in [7, 11) is 1.61. The number of carbonyl (C=O) groups excluding carboxylic acids is 1. The molecule has 0 radical (unpaired) electrons. The number of amides is 1. The lowest BCUT2D eigenvalue weighted by molar-refractivity contribution is -0.139. The van der Waals surface area contributed by atoms with E-state index < -0.39 is 12.6 Å². The Kier molecular flexibility index (Phi) is 7.52. The molecule has 0 fully saturated rings. The number of nitrogens with one attached hydrogen (secondary N) is 1. The number of anilines is 1. The number of carboxylic acids is 1. The minimum Gasteiger partial charge on any atom is -0.482 e. The van der Waals surface area contributed by atoms with Gasteiger partial charge in [0.1, 0.15) is 5.75 Å². The van der Waals surface area contributed by atoms with Gasteiger partial charge in [-0.3, -0.25) is 4.79 Å². The molecule has 1 rings (SSSR count). The minimum absolute atomic E-state index is 0.124. The maximum atomic E-state index is 11.6. The first-order chi connectivity index (χ1) is 9.61. The molecule has 6 nitrogen and oxygen atoms in total. The number of methoxy groups -OCH3 is 1. The average molecular weight is 299 g/mol. The molecule has 110 valence electrons. The molecule has 1 aromatic carbocycles. The predicted molar refractivity (Wildman–Crippen MR) is 77.4 cm³/mol. The van der Waals surface area contributed by atoms with Crippen molar-refractivity contribution in [1.29, 1.82) is 0 Å². The predicted octanol–water partition coefficient (Wildman–Crippen LogP) is 1.47. The van der Waals surface area contributed by atoms with Crippen LogP contribution in [0.3, 0.4) is 0 Å². The molecule has 20 heavy (non-hydrogen) atoms. The zero-order valence-electron chi connectivity index (χ0n) is 11.1. The van der Waals surface area contributed by atoms with E-state index in [1.54, 1.807) is 31.4 Å². The Hall–Kier alpha value is -1.73. The molecule has 0 aromatic heterocycles. The summed E-state index contributed by atoms with van der Waals surface area (Å²) in [6.07, 6.45) is 0. The van der Waals surface area contributed by atoms with Crippen LogP contribution < -0.4 is 10.1 Å². The maximum absolute atomic E-state index is 11.6. The van der Waals surface area contributed by atoms with E-state index >= 15 is 0 Å². The van der Waals surface area contributed by atoms with Crippen molar-refractivity contribution in [3.8, 4) is 5.75 Å². The van der Waals surface area contributed by atoms with Crippen LogP contribution in [0.25, 0.3) is 0 Å². The second-order valence-electron chi connectivity index (χ2n) is 3.80. The van der Waals surface area contributed by atoms with E-state index in [0.29, 0.717) is 23.8 Å². The van der Waals surface area contributed by atoms with Gasteiger partial charge < -0.3 is 19.9 Å². The molecule has 0 atom stereocenters. The molecule has 0 unspecified atom stereocenters. The molecule has 0 heterocycles. The van der Waals surface area contributed by atoms with Crippen LogP contribution in [0.15, 0.2) is 24.3 Å². The number of thioether (sulfide) groups is 1. The summed E-state index contributed by atoms with van der Waals surface area (Å²) in [5.74, 6) is 0.322. The van der Waals surface area contributed by atoms with Crippen molar-refractivity contribution in [1.82, 2.24) is 0 Å². The maximum Gasteiger partial charge on any atom is 0.341 e. The number of carboxylic acid groups (broad SMARTS) is 1. The van der Waals surface area contributed by atoms with Crippen LogP contribution in [0, 0.1) is 0 Å². The monoisotopic (exact) mass is 299 g/mol. The Morgan fingerprint density at radius 3 is 2.90 bits per heavy atom. The Morgan fingerprint density at radius 1 is 1.40 bits per heavy atom. The van der Waals surface area contributed by atoms with Crippen LogP contribution in [-0.2, 0) is 14.3 Å². The zero-order valence-corrected chi connectivity index (χ0v) is 11.9. The van der Waals surface area contributed by atoms with E-state index in [2.05, 4.69) is 5.32 Å². The Bertz CT molecular complexity index is 452. The van der Waals surface area contributed by atoms with E-state index in [0.717, 1.165) is 5.75 Å². The molecule has 0 saturated carbocycles. The Balaban J connectivity index is 2.40. The quantitative estimate of drug-likeness (QED) is 0.672. The number of hydrogen-bond donors (Lipinski definition) is 2. The SMILES string of the molecule is COCCSCC(=O)Nc1cccc(OCC(=O)O)c1. The Labute approximate surface area is 121 Å². The highest BCUT2D eigenvalue weighted by molar-refractivity contribution is 7.99. The third-order valence-corrected chi connectivity index (χ3v) is 3.07. The van der Waals surface area contributed by atoms with E-state index in [1.165, 1.54) is 11.8 Å². The van der Waals surface area contributed by atoms with Gasteiger partial charge in [-0.1, -0.05) is 6.07 Å². The fourth-order valence-electron chi connectivity index (χ4n) is 1.31. The molecule has 0 bridgehead atoms. The van der Waals surface area contributed by atoms with Gasteiger partial charge in [-0.15, -0.1) is 11.8 Å². The van der Waals surface area contributed by atoms with E-state index in [1.807, 2.05) is 0 Å². The van der Waals surface area contributed by atoms with Crippen LogP contribution in [0.1, 0.15) is 0 Å². The number of hydrogen-bond acceptors (Lipinski definition) is 5. The van der Waals surface area contributed by atoms with Gasteiger partial charge in [-0.25, -0.2) is 4.79 Å². The van der Waals surface area contributed by atoms with E-state index in [-0.39, 0.29) is 5.91 Å². The third-order valence-electron chi connectivity index (χ3n) is 2.15. The summed E-state index contributed by atoms with van der Waals surface area (Å²) >= 11 is 1.48. The molecule has 0 aliphatic carbocycles. The molecule has 7 heteroatoms. The largest absolute Gasteiger partial charge is 0.482 e. The molecule has 1 amide bonds. The van der Waals surface area contributed by atoms with Gasteiger partial charge in [0, 0.05) is 24.6 Å². The lowest BCUT2D eigenvalue weighted by Gasteiger charge is -2.08. The second kappa shape index (κ2) is 9.22. The molecular formula is C13H17NO5S. The molecule has 0 aliphatic heterocycles. The van der Waals surface area contributed by atoms with Gasteiger partial charge in [0.15, 0.2) is 6.61 Å². The van der Waals surface area contributed by atoms with Crippen LogP contribution in [-0.4, -0.2) is 48.8 Å². The normalized spacial score (nSPS) is 10.1. The van der Waals surface area contributed by atoms with Gasteiger partial charge in [0.25, 0.3) is 0 Å². The van der Waals surface area contributed by atoms with Gasteiger partial charge in [-0.2, -0.15) is 0 Å². The number of rotatable bonds is 9. The molecule has 0 aliphatic rings. The van der Waals surface area contributed by atoms with Crippen molar-refractivity contribution < 1.29 is 24.2 Å². The first-order valence-corrected chi connectivity index (χ1v) is 7.08. The van der Waals surface area contributed by atoms with Crippen molar-refractivity contribution in [2.24, 2.45) is 0 Å². The van der Waals surface area contributed by atoms with Crippen LogP contribution in [0.2, 0.25) is 0 Å². The summed E-state index contributed by atoms with van der Waals surface area (Å²) < 4.78 is 9.92. The van der Waals surface area contributed by atoms with E-state index in [9.17, 15) is 9.59 Å². The first-order valence-electron chi connectivity index (χ1n) is 5.93. The summed E-state index contributed by atoms with van der Waals surface area (Å²) in [4.78, 5) is 22.0. The summed E-state index contributed by atoms with van der Waals surface area (Å²) in [6.45, 7) is 0.195. The molecular weight excluding hydrogens is 282 g/mol. The smallest absolute Gasteiger partial charge is 0.341 e. The zero-order chi connectivity index (χ0) is 14.8. The average Bonchev–Trinajstić information content (AvgIpc) is 2.42. The lowest BCUT2D eigenvalue weighted by atomic mass is 10.3. The third kappa shape index (κ3) is 7.01. The van der Waals surface area contributed by atoms with Crippen molar-refractivity contribution in [2.45, 2.75) is 0 Å². The minimum atomic E-state index is -1.05. The van der Waals surface area contributed by atoms with Gasteiger partial charge >= 0.3 is 5.97 Å². The van der Waals surface area contributed by atoms with Crippen molar-refractivity contribution in [3.63, 3.8) is 0 Å². The van der Waals surface area contributed by atoms with Crippen molar-refractivity contribution in [3.05, 3.63) is 24.3 Å². The number of carbonyl (C=O) groups is 2. The first kappa shape index (κ1) is 16.3. The molecule has 2 N–H and O–H groups in total. The topological polar surface area (TPSA) is 84.9 Å². The summed E-state index contributed by atoms with van der Waals surface area (Å²) in [5, 5.41) is 11.2. The molecule has 0 saturated heterocycles. The van der Waals surface area contributed by atoms with E-state index in [4.69, 9.17) is 14.6 Å². The number of aliphatic carboxylic acids is 1. The number of ether oxygens (including phenoxy) is 2. The fourth-order valence-corrected chi connectivity index (χ4v) is 2.00. The summed E-state index contributed by atoms with van der Waals surface area (Å²) in [5.41, 5.74) is 0.574. The standard InChI is InChI=1S/C13H17NO5S/c1-18-5-6-20-9-12(15)14-10-3-2-4-11(7-10)19-8-13(16)17/h2-4,7H,5-6,8-9H2,1H3,(H,14,15)(H,16,17). The highest BCUT2D eigenvalue weighted by Gasteiger charge is 2.04. The van der Waals surface area contributed by atoms with Gasteiger partial charge in [0.05, 0.1) is 12.4 Å². The molecule has 1 aromatic rings. The van der Waals surface area contributed by atoms with Gasteiger partial charge in [-0.05, 0) is 12.1 Å². The van der Waals surface area contributed by atoms with Gasteiger partial charge in [0.2, 0.25) is 5.91 Å².